The molecule has 0 bridgehead atoms. The Morgan fingerprint density at radius 2 is 1.71 bits per heavy atom. The Balaban J connectivity index is 1.22. The molecule has 9 nitrogen and oxygen atoms in total. The molecule has 2 amide bonds. The van der Waals surface area contributed by atoms with Crippen molar-refractivity contribution in [1.29, 1.82) is 0 Å². The van der Waals surface area contributed by atoms with Gasteiger partial charge in [-0.15, -0.1) is 0 Å². The number of carbonyl (C=O) groups excluding carboxylic acids is 3. The summed E-state index contributed by atoms with van der Waals surface area (Å²) in [5, 5.41) is 9.21. The monoisotopic (exact) mass is 601 g/mol. The van der Waals surface area contributed by atoms with Crippen LogP contribution in [0.25, 0.3) is 11.3 Å². The van der Waals surface area contributed by atoms with Crippen molar-refractivity contribution in [2.24, 2.45) is 5.92 Å². The van der Waals surface area contributed by atoms with E-state index in [1.165, 1.54) is 14.0 Å². The van der Waals surface area contributed by atoms with Crippen molar-refractivity contribution in [1.82, 2.24) is 15.3 Å². The van der Waals surface area contributed by atoms with Gasteiger partial charge in [0.2, 0.25) is 5.91 Å². The normalized spacial score (nSPS) is 20.4. The van der Waals surface area contributed by atoms with Crippen molar-refractivity contribution < 1.29 is 19.1 Å². The van der Waals surface area contributed by atoms with Crippen LogP contribution in [0.5, 0.6) is 0 Å². The summed E-state index contributed by atoms with van der Waals surface area (Å²) in [4.78, 5) is 46.6. The molecule has 0 fully saturated rings. The molecule has 4 aromatic rings. The second kappa shape index (κ2) is 12.8. The number of allylic oxidation sites excluding steroid dienone is 2. The van der Waals surface area contributed by atoms with Gasteiger partial charge in [0.05, 0.1) is 16.9 Å². The summed E-state index contributed by atoms with van der Waals surface area (Å²) >= 11 is 0. The number of carbonyl (C=O) groups is 3. The van der Waals surface area contributed by atoms with Crippen LogP contribution in [-0.2, 0) is 20.7 Å². The van der Waals surface area contributed by atoms with E-state index in [9.17, 15) is 14.4 Å². The summed E-state index contributed by atoms with van der Waals surface area (Å²) in [5.74, 6) is -0.149. The van der Waals surface area contributed by atoms with Crippen molar-refractivity contribution in [3.8, 4) is 11.3 Å². The zero-order valence-electron chi connectivity index (χ0n) is 25.2. The van der Waals surface area contributed by atoms with Crippen LogP contribution in [0.2, 0.25) is 0 Å². The summed E-state index contributed by atoms with van der Waals surface area (Å²) in [6.45, 7) is 1.75. The highest BCUT2D eigenvalue weighted by Crippen LogP contribution is 2.40. The van der Waals surface area contributed by atoms with Crippen molar-refractivity contribution in [2.75, 3.05) is 24.3 Å². The number of pyridine rings is 1. The van der Waals surface area contributed by atoms with Crippen LogP contribution in [0.3, 0.4) is 0 Å². The molecule has 9 heteroatoms. The number of H-pyrrole nitrogens is 1. The number of aromatic amines is 1. The van der Waals surface area contributed by atoms with Crippen LogP contribution in [0.1, 0.15) is 40.9 Å². The molecule has 45 heavy (non-hydrogen) atoms. The SMILES string of the molecule is COC1(C(=O)NCC2CC(=O)c3c([nH]c(-c4ccnc(NC(C)=O)c4)c3Nc3ccccc3)C2)C=CC(c2ccccc2)C=C1. The third kappa shape index (κ3) is 6.34. The molecule has 2 aliphatic rings. The molecule has 0 aliphatic heterocycles. The van der Waals surface area contributed by atoms with Crippen LogP contribution in [-0.4, -0.2) is 46.8 Å². The van der Waals surface area contributed by atoms with E-state index in [0.29, 0.717) is 30.0 Å². The first-order chi connectivity index (χ1) is 21.8. The number of nitrogens with one attached hydrogen (secondary N) is 4. The number of fused-ring (bicyclic) bond motifs is 1. The average Bonchev–Trinajstić information content (AvgIpc) is 3.42. The Bertz CT molecular complexity index is 1760. The van der Waals surface area contributed by atoms with Gasteiger partial charge < -0.3 is 25.7 Å². The van der Waals surface area contributed by atoms with Gasteiger partial charge in [0.15, 0.2) is 11.4 Å². The molecule has 228 valence electrons. The van der Waals surface area contributed by atoms with Gasteiger partial charge in [-0.25, -0.2) is 4.98 Å². The number of nitrogens with zero attached hydrogens (tertiary/aromatic N) is 1. The lowest BCUT2D eigenvalue weighted by Gasteiger charge is -2.30. The Hall–Kier alpha value is -5.28. The van der Waals surface area contributed by atoms with E-state index in [-0.39, 0.29) is 35.9 Å². The topological polar surface area (TPSA) is 125 Å². The van der Waals surface area contributed by atoms with E-state index in [1.807, 2.05) is 66.7 Å². The van der Waals surface area contributed by atoms with Crippen LogP contribution >= 0.6 is 0 Å². The molecule has 0 radical (unpaired) electrons. The fraction of sp³-hybridized carbons (Fsp3) is 0.222. The summed E-state index contributed by atoms with van der Waals surface area (Å²) in [7, 11) is 1.52. The number of rotatable bonds is 9. The van der Waals surface area contributed by atoms with Gasteiger partial charge in [-0.1, -0.05) is 60.7 Å². The predicted octanol–water partition coefficient (Wildman–Crippen LogP) is 5.94. The van der Waals surface area contributed by atoms with Gasteiger partial charge >= 0.3 is 0 Å². The van der Waals surface area contributed by atoms with Crippen molar-refractivity contribution in [3.05, 3.63) is 120 Å². The van der Waals surface area contributed by atoms with E-state index in [2.05, 4.69) is 38.1 Å². The first kappa shape index (κ1) is 29.8. The number of hydrogen-bond donors (Lipinski definition) is 4. The number of ether oxygens (including phenoxy) is 1. The van der Waals surface area contributed by atoms with Crippen molar-refractivity contribution in [2.45, 2.75) is 31.3 Å². The second-order valence-electron chi connectivity index (χ2n) is 11.4. The number of ketones is 1. The largest absolute Gasteiger partial charge is 0.360 e. The summed E-state index contributed by atoms with van der Waals surface area (Å²) in [6.07, 6.45) is 10.0. The van der Waals surface area contributed by atoms with Gasteiger partial charge in [0.1, 0.15) is 5.82 Å². The maximum atomic E-state index is 13.7. The molecule has 0 spiro atoms. The van der Waals surface area contributed by atoms with E-state index >= 15 is 0 Å². The van der Waals surface area contributed by atoms with Crippen LogP contribution in [0.15, 0.2) is 103 Å². The molecule has 2 aliphatic carbocycles. The first-order valence-electron chi connectivity index (χ1n) is 15.0. The number of anilines is 3. The highest BCUT2D eigenvalue weighted by molar-refractivity contribution is 6.07. The first-order valence-corrected chi connectivity index (χ1v) is 15.0. The number of aromatic nitrogens is 2. The predicted molar refractivity (Wildman–Crippen MR) is 174 cm³/mol. The van der Waals surface area contributed by atoms with Crippen LogP contribution in [0.4, 0.5) is 17.2 Å². The number of methoxy groups -OCH3 is 1. The van der Waals surface area contributed by atoms with E-state index in [1.54, 1.807) is 24.4 Å². The molecule has 1 atom stereocenters. The standard InChI is InChI=1S/C36H35N5O4/c1-23(42)39-31-21-27(15-18-37-31)33-34(40-28-11-7-4-8-12-28)32-29(41-33)19-24(20-30(32)43)22-38-35(44)36(45-2)16-13-26(14-17-36)25-9-5-3-6-10-25/h3-18,21,24,26,40-41H,19-20,22H2,1-2H3,(H,38,44)(H,37,39,42). The molecular formula is C36H35N5O4. The third-order valence-electron chi connectivity index (χ3n) is 8.25. The molecule has 6 rings (SSSR count). The molecule has 2 aromatic carbocycles. The van der Waals surface area contributed by atoms with Crippen molar-refractivity contribution in [3.63, 3.8) is 0 Å². The van der Waals surface area contributed by atoms with Gasteiger partial charge in [0.25, 0.3) is 5.91 Å². The number of benzene rings is 2. The zero-order valence-corrected chi connectivity index (χ0v) is 25.2. The maximum Gasteiger partial charge on any atom is 0.260 e. The molecule has 2 heterocycles. The third-order valence-corrected chi connectivity index (χ3v) is 8.25. The van der Waals surface area contributed by atoms with E-state index < -0.39 is 5.60 Å². The molecule has 4 N–H and O–H groups in total. The molecular weight excluding hydrogens is 566 g/mol. The summed E-state index contributed by atoms with van der Waals surface area (Å²) in [6, 6.07) is 23.3. The smallest absolute Gasteiger partial charge is 0.260 e. The molecule has 0 saturated carbocycles. The van der Waals surface area contributed by atoms with Gasteiger partial charge in [-0.05, 0) is 54.3 Å². The zero-order chi connectivity index (χ0) is 31.4. The number of hydrogen-bond acceptors (Lipinski definition) is 6. The lowest BCUT2D eigenvalue weighted by molar-refractivity contribution is -0.134. The minimum absolute atomic E-state index is 0.0165. The Labute approximate surface area is 261 Å². The van der Waals surface area contributed by atoms with Crippen LogP contribution in [0, 0.1) is 5.92 Å². The number of Topliss-reactive ketones (excluding diaryl/α,β-unsaturated/α-hetero) is 1. The van der Waals surface area contributed by atoms with Crippen molar-refractivity contribution >= 4 is 34.8 Å². The molecule has 1 unspecified atom stereocenters. The number of para-hydroxylation sites is 1. The Morgan fingerprint density at radius 1 is 1.00 bits per heavy atom. The van der Waals surface area contributed by atoms with E-state index in [0.717, 1.165) is 28.2 Å². The maximum absolute atomic E-state index is 13.7. The quantitative estimate of drug-likeness (QED) is 0.176. The summed E-state index contributed by atoms with van der Waals surface area (Å²) < 4.78 is 5.70. The van der Waals surface area contributed by atoms with Gasteiger partial charge in [-0.2, -0.15) is 0 Å². The fourth-order valence-corrected chi connectivity index (χ4v) is 5.99. The van der Waals surface area contributed by atoms with Gasteiger partial charge in [0, 0.05) is 56.1 Å². The minimum atomic E-state index is -1.21. The van der Waals surface area contributed by atoms with E-state index in [4.69, 9.17) is 4.74 Å². The number of amides is 2. The minimum Gasteiger partial charge on any atom is -0.360 e. The second-order valence-corrected chi connectivity index (χ2v) is 11.4. The molecule has 0 saturated heterocycles. The lowest BCUT2D eigenvalue weighted by Crippen LogP contribution is -2.48. The molecule has 2 aromatic heterocycles. The van der Waals surface area contributed by atoms with Crippen LogP contribution < -0.4 is 16.0 Å². The highest BCUT2D eigenvalue weighted by atomic mass is 16.5. The Kier molecular flexibility index (Phi) is 8.44. The fourth-order valence-electron chi connectivity index (χ4n) is 5.99. The Morgan fingerprint density at radius 3 is 2.40 bits per heavy atom. The lowest BCUT2D eigenvalue weighted by atomic mass is 9.85. The highest BCUT2D eigenvalue weighted by Gasteiger charge is 2.37. The summed E-state index contributed by atoms with van der Waals surface area (Å²) in [5.41, 5.74) is 4.32. The average molecular weight is 602 g/mol. The van der Waals surface area contributed by atoms with Gasteiger partial charge in [-0.3, -0.25) is 14.4 Å².